The van der Waals surface area contributed by atoms with Crippen molar-refractivity contribution in [3.63, 3.8) is 0 Å². The highest BCUT2D eigenvalue weighted by molar-refractivity contribution is 8.02. The van der Waals surface area contributed by atoms with Crippen molar-refractivity contribution in [2.45, 2.75) is 37.7 Å². The van der Waals surface area contributed by atoms with E-state index in [4.69, 9.17) is 5.10 Å². The summed E-state index contributed by atoms with van der Waals surface area (Å²) in [5.41, 5.74) is 4.97. The number of nitrogens with zero attached hydrogens (tertiary/aromatic N) is 6. The van der Waals surface area contributed by atoms with Crippen LogP contribution in [0, 0.1) is 10.1 Å². The zero-order valence-electron chi connectivity index (χ0n) is 21.9. The van der Waals surface area contributed by atoms with Gasteiger partial charge in [0.25, 0.3) is 5.69 Å². The number of nitro groups is 1. The maximum Gasteiger partial charge on any atom is 0.269 e. The Bertz CT molecular complexity index is 1560. The Morgan fingerprint density at radius 3 is 2.35 bits per heavy atom. The Labute approximate surface area is 235 Å². The first-order valence-electron chi connectivity index (χ1n) is 12.9. The van der Waals surface area contributed by atoms with Gasteiger partial charge in [0.15, 0.2) is 4.99 Å². The molecule has 3 aliphatic rings. The normalized spacial score (nSPS) is 22.2. The number of rotatable bonds is 5. The van der Waals surface area contributed by atoms with Gasteiger partial charge in [-0.1, -0.05) is 54.2 Å². The summed E-state index contributed by atoms with van der Waals surface area (Å²) in [6.07, 6.45) is 1.09. The lowest BCUT2D eigenvalue weighted by Crippen LogP contribution is -2.53. The average molecular weight is 555 g/mol. The number of para-hydroxylation sites is 1. The van der Waals surface area contributed by atoms with Crippen LogP contribution >= 0.6 is 11.8 Å². The largest absolute Gasteiger partial charge is 0.277 e. The lowest BCUT2D eigenvalue weighted by Gasteiger charge is -2.40. The molecule has 3 aromatic carbocycles. The van der Waals surface area contributed by atoms with Crippen LogP contribution in [0.2, 0.25) is 0 Å². The van der Waals surface area contributed by atoms with Crippen molar-refractivity contribution in [3.8, 4) is 0 Å². The van der Waals surface area contributed by atoms with E-state index in [1.165, 1.54) is 24.1 Å². The fourth-order valence-electron chi connectivity index (χ4n) is 5.51. The van der Waals surface area contributed by atoms with Crippen LogP contribution in [0.15, 0.2) is 89.1 Å². The molecule has 1 saturated heterocycles. The second-order valence-electron chi connectivity index (χ2n) is 9.95. The molecule has 11 heteroatoms. The number of carbonyl (C=O) groups is 2. The minimum atomic E-state index is -0.679. The number of hydrogen-bond donors (Lipinski definition) is 0. The van der Waals surface area contributed by atoms with Crippen LogP contribution in [-0.4, -0.2) is 43.9 Å². The van der Waals surface area contributed by atoms with E-state index >= 15 is 0 Å². The first kappa shape index (κ1) is 25.8. The van der Waals surface area contributed by atoms with Gasteiger partial charge in [-0.25, -0.2) is 10.0 Å². The van der Waals surface area contributed by atoms with Crippen molar-refractivity contribution >= 4 is 52.1 Å². The van der Waals surface area contributed by atoms with Crippen molar-refractivity contribution < 1.29 is 14.5 Å². The van der Waals surface area contributed by atoms with Gasteiger partial charge in [-0.3, -0.25) is 24.6 Å². The molecule has 202 valence electrons. The van der Waals surface area contributed by atoms with E-state index in [1.54, 1.807) is 23.9 Å². The highest BCUT2D eigenvalue weighted by Gasteiger charge is 2.55. The number of amides is 2. The number of carbonyl (C=O) groups excluding carboxylic acids is 2. The molecule has 0 N–H and O–H groups in total. The predicted octanol–water partition coefficient (Wildman–Crippen LogP) is 5.31. The first-order chi connectivity index (χ1) is 19.3. The molecule has 1 fully saturated rings. The average Bonchev–Trinajstić information content (AvgIpc) is 3.64. The molecular formula is C29H26N6O4S. The molecule has 10 nitrogen and oxygen atoms in total. The first-order valence-corrected chi connectivity index (χ1v) is 13.8. The SMILES string of the molecule is CC(=O)N1N=C(c2ccc(N3C(=O)CSC34CC(C)=NN4c3ccccc3)cc2)CC1c1ccc([N+](=O)[O-])cc1. The van der Waals surface area contributed by atoms with Crippen molar-refractivity contribution in [2.24, 2.45) is 10.2 Å². The lowest BCUT2D eigenvalue weighted by atomic mass is 9.98. The van der Waals surface area contributed by atoms with E-state index in [1.807, 2.05) is 71.4 Å². The van der Waals surface area contributed by atoms with Crippen LogP contribution in [0.1, 0.15) is 43.9 Å². The summed E-state index contributed by atoms with van der Waals surface area (Å²) < 4.78 is 0. The molecule has 6 rings (SSSR count). The molecule has 0 bridgehead atoms. The van der Waals surface area contributed by atoms with Gasteiger partial charge in [0.05, 0.1) is 28.1 Å². The van der Waals surface area contributed by atoms with E-state index in [9.17, 15) is 19.7 Å². The molecular weight excluding hydrogens is 528 g/mol. The van der Waals surface area contributed by atoms with Crippen LogP contribution in [0.3, 0.4) is 0 Å². The van der Waals surface area contributed by atoms with E-state index in [-0.39, 0.29) is 23.5 Å². The molecule has 3 heterocycles. The van der Waals surface area contributed by atoms with Crippen LogP contribution in [0.25, 0.3) is 0 Å². The smallest absolute Gasteiger partial charge is 0.269 e. The quantitative estimate of drug-likeness (QED) is 0.312. The second-order valence-corrected chi connectivity index (χ2v) is 11.2. The Morgan fingerprint density at radius 2 is 1.70 bits per heavy atom. The van der Waals surface area contributed by atoms with Crippen molar-refractivity contribution in [3.05, 3.63) is 100 Å². The molecule has 2 unspecified atom stereocenters. The Kier molecular flexibility index (Phi) is 6.38. The number of nitro benzene ring substituents is 1. The third kappa shape index (κ3) is 4.32. The monoisotopic (exact) mass is 554 g/mol. The van der Waals surface area contributed by atoms with Crippen molar-refractivity contribution in [1.82, 2.24) is 5.01 Å². The van der Waals surface area contributed by atoms with Gasteiger partial charge in [-0.05, 0) is 42.3 Å². The van der Waals surface area contributed by atoms with Crippen LogP contribution in [0.5, 0.6) is 0 Å². The Balaban J connectivity index is 1.28. The summed E-state index contributed by atoms with van der Waals surface area (Å²) in [7, 11) is 0. The van der Waals surface area contributed by atoms with Crippen molar-refractivity contribution in [1.29, 1.82) is 0 Å². The topological polar surface area (TPSA) is 112 Å². The minimum absolute atomic E-state index is 0.00562. The molecule has 1 spiro atoms. The zero-order chi connectivity index (χ0) is 28.0. The van der Waals surface area contributed by atoms with Gasteiger partial charge in [0.2, 0.25) is 11.8 Å². The number of benzene rings is 3. The maximum absolute atomic E-state index is 13.3. The summed E-state index contributed by atoms with van der Waals surface area (Å²) in [6.45, 7) is 3.43. The Morgan fingerprint density at radius 1 is 1.00 bits per heavy atom. The van der Waals surface area contributed by atoms with Gasteiger partial charge < -0.3 is 0 Å². The number of anilines is 2. The highest BCUT2D eigenvalue weighted by Crippen LogP contribution is 2.50. The van der Waals surface area contributed by atoms with Gasteiger partial charge >= 0.3 is 0 Å². The third-order valence-electron chi connectivity index (χ3n) is 7.29. The summed E-state index contributed by atoms with van der Waals surface area (Å²) in [5.74, 6) is 0.155. The van der Waals surface area contributed by atoms with Gasteiger partial charge in [0.1, 0.15) is 0 Å². The molecule has 2 atom stereocenters. The number of hydrazone groups is 2. The number of non-ortho nitro benzene ring substituents is 1. The van der Waals surface area contributed by atoms with E-state index in [0.717, 1.165) is 33.9 Å². The minimum Gasteiger partial charge on any atom is -0.277 e. The second kappa shape index (κ2) is 9.91. The fourth-order valence-corrected chi connectivity index (χ4v) is 6.91. The zero-order valence-corrected chi connectivity index (χ0v) is 22.7. The van der Waals surface area contributed by atoms with Gasteiger partial charge in [-0.15, -0.1) is 0 Å². The molecule has 0 saturated carbocycles. The third-order valence-corrected chi connectivity index (χ3v) is 8.65. The molecule has 0 radical (unpaired) electrons. The Hall–Kier alpha value is -4.51. The lowest BCUT2D eigenvalue weighted by molar-refractivity contribution is -0.384. The molecule has 3 aromatic rings. The molecule has 2 amide bonds. The fraction of sp³-hybridized carbons (Fsp3) is 0.241. The predicted molar refractivity (Wildman–Crippen MR) is 155 cm³/mol. The van der Waals surface area contributed by atoms with Crippen LogP contribution < -0.4 is 9.91 Å². The highest BCUT2D eigenvalue weighted by atomic mass is 32.2. The molecule has 0 aliphatic carbocycles. The molecule has 0 aromatic heterocycles. The van der Waals surface area contributed by atoms with E-state index < -0.39 is 9.92 Å². The summed E-state index contributed by atoms with van der Waals surface area (Å²) in [4.78, 5) is 37.4. The maximum atomic E-state index is 13.3. The summed E-state index contributed by atoms with van der Waals surface area (Å²) in [6, 6.07) is 23.4. The number of hydrogen-bond acceptors (Lipinski definition) is 8. The standard InChI is InChI=1S/C29H26N6O4S/c1-19-17-29(34(30-19)24-6-4-3-5-7-24)32(28(37)18-40-29)23-12-8-21(9-13-23)26-16-27(33(31-26)20(2)36)22-10-14-25(15-11-22)35(38)39/h3-15,27H,16-18H2,1-2H3. The van der Waals surface area contributed by atoms with Crippen molar-refractivity contribution in [2.75, 3.05) is 15.7 Å². The molecule has 3 aliphatic heterocycles. The van der Waals surface area contributed by atoms with E-state index in [2.05, 4.69) is 5.10 Å². The van der Waals surface area contributed by atoms with Gasteiger partial charge in [-0.2, -0.15) is 10.2 Å². The summed E-state index contributed by atoms with van der Waals surface area (Å²) in [5, 5.41) is 23.8. The van der Waals surface area contributed by atoms with Crippen LogP contribution in [0.4, 0.5) is 17.1 Å². The van der Waals surface area contributed by atoms with Crippen LogP contribution in [-0.2, 0) is 9.59 Å². The molecule has 40 heavy (non-hydrogen) atoms. The summed E-state index contributed by atoms with van der Waals surface area (Å²) >= 11 is 1.58. The van der Waals surface area contributed by atoms with Gasteiger partial charge in [0, 0.05) is 43.3 Å². The number of thioether (sulfide) groups is 1. The van der Waals surface area contributed by atoms with E-state index in [0.29, 0.717) is 18.6 Å².